The summed E-state index contributed by atoms with van der Waals surface area (Å²) in [5.74, 6) is 0.719. The van der Waals surface area contributed by atoms with Gasteiger partial charge in [-0.3, -0.25) is 0 Å². The van der Waals surface area contributed by atoms with Gasteiger partial charge < -0.3 is 9.47 Å². The van der Waals surface area contributed by atoms with E-state index in [1.807, 2.05) is 19.1 Å². The van der Waals surface area contributed by atoms with E-state index < -0.39 is 0 Å². The molecule has 2 aromatic carbocycles. The highest BCUT2D eigenvalue weighted by atomic mass is 32.1. The number of benzene rings is 2. The van der Waals surface area contributed by atoms with Crippen LogP contribution < -0.4 is 4.74 Å². The third kappa shape index (κ3) is 10.0. The van der Waals surface area contributed by atoms with Gasteiger partial charge in [-0.05, 0) is 67.1 Å². The Hall–Kier alpha value is -2.59. The summed E-state index contributed by atoms with van der Waals surface area (Å²) in [5, 5.41) is 0. The maximum Gasteiger partial charge on any atom is 0.348 e. The Labute approximate surface area is 228 Å². The van der Waals surface area contributed by atoms with Crippen LogP contribution in [0.5, 0.6) is 5.75 Å². The summed E-state index contributed by atoms with van der Waals surface area (Å²) in [6, 6.07) is 20.8. The second-order valence-corrected chi connectivity index (χ2v) is 11.0. The third-order valence-electron chi connectivity index (χ3n) is 6.70. The van der Waals surface area contributed by atoms with Crippen molar-refractivity contribution < 1.29 is 14.3 Å². The molecule has 4 heteroatoms. The molecule has 0 aliphatic rings. The molecule has 1 aromatic heterocycles. The lowest BCUT2D eigenvalue weighted by Gasteiger charge is -2.12. The summed E-state index contributed by atoms with van der Waals surface area (Å²) in [6.45, 7) is 7.23. The number of carbonyl (C=O) groups is 1. The molecule has 1 heterocycles. The van der Waals surface area contributed by atoms with Gasteiger partial charge in [0.15, 0.2) is 0 Å². The van der Waals surface area contributed by atoms with Gasteiger partial charge in [0.05, 0.1) is 12.7 Å². The maximum atomic E-state index is 12.6. The van der Waals surface area contributed by atoms with Gasteiger partial charge in [-0.15, -0.1) is 11.3 Å². The van der Waals surface area contributed by atoms with E-state index in [-0.39, 0.29) is 12.1 Å². The molecule has 0 radical (unpaired) electrons. The monoisotopic (exact) mass is 520 g/mol. The zero-order valence-electron chi connectivity index (χ0n) is 23.0. The van der Waals surface area contributed by atoms with E-state index in [0.29, 0.717) is 4.88 Å². The highest BCUT2D eigenvalue weighted by molar-refractivity contribution is 7.17. The zero-order valence-corrected chi connectivity index (χ0v) is 23.8. The summed E-state index contributed by atoms with van der Waals surface area (Å²) < 4.78 is 11.6. The van der Waals surface area contributed by atoms with E-state index in [1.54, 1.807) is 0 Å². The lowest BCUT2D eigenvalue weighted by Crippen LogP contribution is -2.14. The summed E-state index contributed by atoms with van der Waals surface area (Å²) >= 11 is 1.50. The Morgan fingerprint density at radius 1 is 0.703 bits per heavy atom. The van der Waals surface area contributed by atoms with Crippen LogP contribution in [0.3, 0.4) is 0 Å². The first kappa shape index (κ1) is 29.0. The van der Waals surface area contributed by atoms with Crippen molar-refractivity contribution >= 4 is 17.3 Å². The van der Waals surface area contributed by atoms with E-state index in [9.17, 15) is 4.79 Å². The Kier molecular flexibility index (Phi) is 12.8. The predicted molar refractivity (Wildman–Crippen MR) is 158 cm³/mol. The quantitative estimate of drug-likeness (QED) is 0.131. The minimum Gasteiger partial charge on any atom is -0.494 e. The molecule has 3 nitrogen and oxygen atoms in total. The fraction of sp³-hybridized carbons (Fsp3) is 0.485. The van der Waals surface area contributed by atoms with Gasteiger partial charge in [0.2, 0.25) is 0 Å². The van der Waals surface area contributed by atoms with Gasteiger partial charge in [-0.1, -0.05) is 102 Å². The van der Waals surface area contributed by atoms with Crippen molar-refractivity contribution in [1.82, 2.24) is 0 Å². The number of ether oxygens (including phenoxy) is 2. The van der Waals surface area contributed by atoms with Crippen molar-refractivity contribution in [3.8, 4) is 27.3 Å². The van der Waals surface area contributed by atoms with Gasteiger partial charge in [-0.2, -0.15) is 0 Å². The molecule has 0 saturated carbocycles. The van der Waals surface area contributed by atoms with E-state index >= 15 is 0 Å². The number of hydrogen-bond donors (Lipinski definition) is 0. The minimum atomic E-state index is -0.213. The average Bonchev–Trinajstić information content (AvgIpc) is 3.42. The number of unbranched alkanes of at least 4 members (excludes halogenated alkanes) is 8. The van der Waals surface area contributed by atoms with E-state index in [0.717, 1.165) is 42.1 Å². The first-order valence-electron chi connectivity index (χ1n) is 14.2. The lowest BCUT2D eigenvalue weighted by atomic mass is 10.0. The topological polar surface area (TPSA) is 35.5 Å². The fourth-order valence-electron chi connectivity index (χ4n) is 4.40. The summed E-state index contributed by atoms with van der Waals surface area (Å²) in [7, 11) is 0. The van der Waals surface area contributed by atoms with Crippen LogP contribution in [0.25, 0.3) is 21.6 Å². The van der Waals surface area contributed by atoms with Crippen LogP contribution in [-0.4, -0.2) is 18.7 Å². The predicted octanol–water partition coefficient (Wildman–Crippen LogP) is 10.3. The molecule has 0 amide bonds. The smallest absolute Gasteiger partial charge is 0.348 e. The van der Waals surface area contributed by atoms with Crippen molar-refractivity contribution in [1.29, 1.82) is 0 Å². The summed E-state index contributed by atoms with van der Waals surface area (Å²) in [6.07, 6.45) is 13.3. The van der Waals surface area contributed by atoms with Gasteiger partial charge in [0.25, 0.3) is 0 Å². The number of esters is 1. The Balaban J connectivity index is 1.47. The molecule has 37 heavy (non-hydrogen) atoms. The first-order valence-corrected chi connectivity index (χ1v) is 15.1. The molecule has 3 rings (SSSR count). The SMILES string of the molecule is CCCCCCCCOc1ccc(-c2ccc(-c3ccc(C(=O)OC(C)CCCCCC)s3)cc2)cc1. The van der Waals surface area contributed by atoms with Crippen molar-refractivity contribution in [2.45, 2.75) is 97.5 Å². The van der Waals surface area contributed by atoms with Gasteiger partial charge in [0.1, 0.15) is 10.6 Å². The minimum absolute atomic E-state index is 0.0403. The fourth-order valence-corrected chi connectivity index (χ4v) is 5.30. The third-order valence-corrected chi connectivity index (χ3v) is 7.82. The molecule has 200 valence electrons. The van der Waals surface area contributed by atoms with Crippen molar-refractivity contribution in [3.05, 3.63) is 65.5 Å². The van der Waals surface area contributed by atoms with Crippen molar-refractivity contribution in [2.75, 3.05) is 6.61 Å². The van der Waals surface area contributed by atoms with Crippen molar-refractivity contribution in [3.63, 3.8) is 0 Å². The standard InChI is InChI=1S/C33H44O3S/c1-4-6-8-10-11-13-25-35-30-21-19-28(20-22-30)27-15-17-29(18-16-27)31-23-24-32(37-31)33(34)36-26(3)14-12-9-7-5-2/h15-24,26H,4-14,25H2,1-3H3. The number of carbonyl (C=O) groups excluding carboxylic acids is 1. The number of hydrogen-bond acceptors (Lipinski definition) is 4. The Morgan fingerprint density at radius 2 is 1.27 bits per heavy atom. The summed E-state index contributed by atoms with van der Waals surface area (Å²) in [5.41, 5.74) is 3.44. The van der Waals surface area contributed by atoms with E-state index in [1.165, 1.54) is 73.8 Å². The molecule has 0 saturated heterocycles. The first-order chi connectivity index (χ1) is 18.1. The van der Waals surface area contributed by atoms with E-state index in [4.69, 9.17) is 9.47 Å². The molecule has 1 unspecified atom stereocenters. The molecular formula is C33H44O3S. The summed E-state index contributed by atoms with van der Waals surface area (Å²) in [4.78, 5) is 14.3. The van der Waals surface area contributed by atoms with Crippen LogP contribution in [0.15, 0.2) is 60.7 Å². The largest absolute Gasteiger partial charge is 0.494 e. The second-order valence-electron chi connectivity index (χ2n) is 9.95. The number of rotatable bonds is 17. The molecule has 3 aromatic rings. The average molecular weight is 521 g/mol. The van der Waals surface area contributed by atoms with Crippen LogP contribution >= 0.6 is 11.3 Å². The highest BCUT2D eigenvalue weighted by Crippen LogP contribution is 2.31. The van der Waals surface area contributed by atoms with Crippen LogP contribution in [-0.2, 0) is 4.74 Å². The van der Waals surface area contributed by atoms with Gasteiger partial charge in [-0.25, -0.2) is 4.79 Å². The lowest BCUT2D eigenvalue weighted by molar-refractivity contribution is 0.0325. The number of thiophene rings is 1. The molecule has 1 atom stereocenters. The molecule has 0 aliphatic carbocycles. The zero-order chi connectivity index (χ0) is 26.3. The molecule has 0 bridgehead atoms. The Morgan fingerprint density at radius 3 is 1.95 bits per heavy atom. The van der Waals surface area contributed by atoms with Crippen molar-refractivity contribution in [2.24, 2.45) is 0 Å². The maximum absolute atomic E-state index is 12.6. The normalized spacial score (nSPS) is 11.9. The van der Waals surface area contributed by atoms with E-state index in [2.05, 4.69) is 62.4 Å². The van der Waals surface area contributed by atoms with Gasteiger partial charge in [0, 0.05) is 4.88 Å². The van der Waals surface area contributed by atoms with Crippen LogP contribution in [0.1, 0.15) is 101 Å². The molecule has 0 fully saturated rings. The molecular weight excluding hydrogens is 476 g/mol. The van der Waals surface area contributed by atoms with Crippen LogP contribution in [0.2, 0.25) is 0 Å². The highest BCUT2D eigenvalue weighted by Gasteiger charge is 2.15. The van der Waals surface area contributed by atoms with Crippen LogP contribution in [0, 0.1) is 0 Å². The molecule has 0 aliphatic heterocycles. The van der Waals surface area contributed by atoms with Gasteiger partial charge >= 0.3 is 5.97 Å². The Bertz CT molecular complexity index is 1040. The second kappa shape index (κ2) is 16.3. The van der Waals surface area contributed by atoms with Crippen LogP contribution in [0.4, 0.5) is 0 Å². The molecule has 0 spiro atoms. The molecule has 0 N–H and O–H groups in total.